The molecular weight excluding hydrogens is 432 g/mol. The monoisotopic (exact) mass is 452 g/mol. The Bertz CT molecular complexity index is 1170. The molecule has 8 nitrogen and oxygen atoms in total. The summed E-state index contributed by atoms with van der Waals surface area (Å²) in [5.74, 6) is -0.346. The molecule has 1 amide bonds. The normalized spacial score (nSPS) is 10.7. The van der Waals surface area contributed by atoms with Crippen molar-refractivity contribution < 1.29 is 24.0 Å². The minimum absolute atomic E-state index is 0.100. The topological polar surface area (TPSA) is 108 Å². The molecule has 1 N–H and O–H groups in total. The number of hydrogen-bond acceptors (Lipinski definition) is 7. The molecule has 0 bridgehead atoms. The number of non-ortho nitro benzene ring substituents is 1. The van der Waals surface area contributed by atoms with Crippen molar-refractivity contribution in [1.29, 1.82) is 0 Å². The maximum absolute atomic E-state index is 12.6. The van der Waals surface area contributed by atoms with Gasteiger partial charge in [-0.15, -0.1) is 11.3 Å². The van der Waals surface area contributed by atoms with E-state index in [9.17, 15) is 19.7 Å². The Morgan fingerprint density at radius 3 is 2.59 bits per heavy atom. The first kappa shape index (κ1) is 22.7. The highest BCUT2D eigenvalue weighted by Gasteiger charge is 2.23. The van der Waals surface area contributed by atoms with Crippen LogP contribution in [0.15, 0.2) is 60.0 Å². The second-order valence-electron chi connectivity index (χ2n) is 6.48. The van der Waals surface area contributed by atoms with Crippen molar-refractivity contribution in [2.24, 2.45) is 0 Å². The number of rotatable bonds is 8. The van der Waals surface area contributed by atoms with Crippen LogP contribution in [0, 0.1) is 10.1 Å². The van der Waals surface area contributed by atoms with Crippen molar-refractivity contribution in [3.8, 4) is 16.9 Å². The number of nitro groups is 1. The molecule has 0 radical (unpaired) electrons. The second kappa shape index (κ2) is 10.4. The summed E-state index contributed by atoms with van der Waals surface area (Å²) in [7, 11) is 1.57. The van der Waals surface area contributed by atoms with E-state index in [0.29, 0.717) is 21.9 Å². The number of amides is 1. The number of esters is 1. The van der Waals surface area contributed by atoms with Crippen LogP contribution in [0.3, 0.4) is 0 Å². The number of carbonyl (C=O) groups is 2. The van der Waals surface area contributed by atoms with Gasteiger partial charge in [0.25, 0.3) is 5.69 Å². The molecule has 3 aromatic rings. The lowest BCUT2D eigenvalue weighted by Crippen LogP contribution is -2.12. The van der Waals surface area contributed by atoms with Crippen LogP contribution >= 0.6 is 11.3 Å². The maximum Gasteiger partial charge on any atom is 0.341 e. The molecule has 0 aliphatic heterocycles. The van der Waals surface area contributed by atoms with Gasteiger partial charge in [0.2, 0.25) is 5.91 Å². The Morgan fingerprint density at radius 2 is 1.94 bits per heavy atom. The fraction of sp³-hybridized carbons (Fsp3) is 0.130. The Kier molecular flexibility index (Phi) is 7.35. The van der Waals surface area contributed by atoms with Crippen LogP contribution in [-0.2, 0) is 9.53 Å². The zero-order valence-corrected chi connectivity index (χ0v) is 18.2. The molecular formula is C23H20N2O6S. The first-order valence-corrected chi connectivity index (χ1v) is 10.5. The minimum Gasteiger partial charge on any atom is -0.497 e. The van der Waals surface area contributed by atoms with Gasteiger partial charge in [0, 0.05) is 29.2 Å². The Labute approximate surface area is 188 Å². The van der Waals surface area contributed by atoms with E-state index >= 15 is 0 Å². The second-order valence-corrected chi connectivity index (χ2v) is 7.36. The largest absolute Gasteiger partial charge is 0.497 e. The summed E-state index contributed by atoms with van der Waals surface area (Å²) in [5.41, 5.74) is 1.79. The van der Waals surface area contributed by atoms with E-state index in [-0.39, 0.29) is 17.9 Å². The van der Waals surface area contributed by atoms with Crippen LogP contribution < -0.4 is 10.1 Å². The van der Waals surface area contributed by atoms with Gasteiger partial charge in [-0.1, -0.05) is 24.3 Å². The van der Waals surface area contributed by atoms with Crippen molar-refractivity contribution in [3.05, 3.63) is 81.2 Å². The smallest absolute Gasteiger partial charge is 0.341 e. The lowest BCUT2D eigenvalue weighted by Gasteiger charge is -2.08. The minimum atomic E-state index is -0.621. The molecule has 9 heteroatoms. The zero-order valence-electron chi connectivity index (χ0n) is 17.4. The van der Waals surface area contributed by atoms with E-state index in [1.54, 1.807) is 55.8 Å². The van der Waals surface area contributed by atoms with Gasteiger partial charge in [-0.05, 0) is 36.3 Å². The Morgan fingerprint density at radius 1 is 1.19 bits per heavy atom. The van der Waals surface area contributed by atoms with Gasteiger partial charge in [0.1, 0.15) is 16.3 Å². The van der Waals surface area contributed by atoms with Gasteiger partial charge in [-0.3, -0.25) is 14.9 Å². The number of anilines is 1. The molecule has 0 atom stereocenters. The van der Waals surface area contributed by atoms with E-state index in [1.807, 2.05) is 0 Å². The quantitative estimate of drug-likeness (QED) is 0.219. The predicted molar refractivity (Wildman–Crippen MR) is 123 cm³/mol. The van der Waals surface area contributed by atoms with Crippen molar-refractivity contribution in [2.75, 3.05) is 19.0 Å². The fourth-order valence-corrected chi connectivity index (χ4v) is 3.86. The third kappa shape index (κ3) is 5.38. The van der Waals surface area contributed by atoms with Crippen molar-refractivity contribution in [1.82, 2.24) is 0 Å². The fourth-order valence-electron chi connectivity index (χ4n) is 2.90. The summed E-state index contributed by atoms with van der Waals surface area (Å²) in [4.78, 5) is 35.7. The van der Waals surface area contributed by atoms with Crippen LogP contribution in [0.2, 0.25) is 0 Å². The predicted octanol–water partition coefficient (Wildman–Crippen LogP) is 5.16. The first-order chi connectivity index (χ1) is 15.4. The molecule has 0 unspecified atom stereocenters. The molecule has 0 aliphatic carbocycles. The summed E-state index contributed by atoms with van der Waals surface area (Å²) >= 11 is 1.14. The van der Waals surface area contributed by atoms with E-state index in [4.69, 9.17) is 9.47 Å². The molecule has 0 aliphatic rings. The third-order valence-electron chi connectivity index (χ3n) is 4.42. The maximum atomic E-state index is 12.6. The van der Waals surface area contributed by atoms with Gasteiger partial charge < -0.3 is 14.8 Å². The van der Waals surface area contributed by atoms with Crippen molar-refractivity contribution in [2.45, 2.75) is 6.92 Å². The van der Waals surface area contributed by atoms with Crippen LogP contribution in [0.5, 0.6) is 5.75 Å². The first-order valence-electron chi connectivity index (χ1n) is 9.59. The summed E-state index contributed by atoms with van der Waals surface area (Å²) in [6.45, 7) is 1.82. The molecule has 0 saturated carbocycles. The Balaban J connectivity index is 1.88. The number of nitro benzene ring substituents is 1. The number of carbonyl (C=O) groups excluding carboxylic acids is 2. The van der Waals surface area contributed by atoms with E-state index in [2.05, 4.69) is 5.32 Å². The van der Waals surface area contributed by atoms with Crippen LogP contribution in [0.1, 0.15) is 22.8 Å². The number of nitrogens with zero attached hydrogens (tertiary/aromatic N) is 1. The van der Waals surface area contributed by atoms with Gasteiger partial charge in [0.15, 0.2) is 0 Å². The third-order valence-corrected chi connectivity index (χ3v) is 5.31. The standard InChI is InChI=1S/C23H20N2O6S/c1-3-31-23(27)21-19(16-5-4-6-17(13-16)25(28)29)14-32-22(21)24-20(26)12-9-15-7-10-18(30-2)11-8-15/h4-14H,3H2,1-2H3,(H,24,26)/b12-9+. The number of nitrogens with one attached hydrogen (secondary N) is 1. The number of hydrogen-bond donors (Lipinski definition) is 1. The van der Waals surface area contributed by atoms with Crippen molar-refractivity contribution in [3.63, 3.8) is 0 Å². The molecule has 1 heterocycles. The average molecular weight is 452 g/mol. The van der Waals surface area contributed by atoms with E-state index < -0.39 is 16.8 Å². The number of methoxy groups -OCH3 is 1. The number of benzene rings is 2. The molecule has 164 valence electrons. The highest BCUT2D eigenvalue weighted by Crippen LogP contribution is 2.37. The average Bonchev–Trinajstić information content (AvgIpc) is 3.21. The van der Waals surface area contributed by atoms with E-state index in [1.165, 1.54) is 24.3 Å². The highest BCUT2D eigenvalue weighted by molar-refractivity contribution is 7.15. The molecule has 0 fully saturated rings. The highest BCUT2D eigenvalue weighted by atomic mass is 32.1. The SMILES string of the molecule is CCOC(=O)c1c(-c2cccc([N+](=O)[O-])c2)csc1NC(=O)/C=C/c1ccc(OC)cc1. The number of ether oxygens (including phenoxy) is 2. The summed E-state index contributed by atoms with van der Waals surface area (Å²) in [6, 6.07) is 13.1. The molecule has 1 aromatic heterocycles. The lowest BCUT2D eigenvalue weighted by molar-refractivity contribution is -0.384. The van der Waals surface area contributed by atoms with Gasteiger partial charge in [-0.25, -0.2) is 4.79 Å². The summed E-state index contributed by atoms with van der Waals surface area (Å²) < 4.78 is 10.3. The van der Waals surface area contributed by atoms with Crippen LogP contribution in [0.4, 0.5) is 10.7 Å². The van der Waals surface area contributed by atoms with Gasteiger partial charge in [-0.2, -0.15) is 0 Å². The molecule has 3 rings (SSSR count). The zero-order chi connectivity index (χ0) is 23.1. The molecule has 2 aromatic carbocycles. The van der Waals surface area contributed by atoms with E-state index in [0.717, 1.165) is 16.9 Å². The van der Waals surface area contributed by atoms with Gasteiger partial charge in [0.05, 0.1) is 18.6 Å². The van der Waals surface area contributed by atoms with Gasteiger partial charge >= 0.3 is 5.97 Å². The summed E-state index contributed by atoms with van der Waals surface area (Å²) in [5, 5.41) is 15.8. The molecule has 32 heavy (non-hydrogen) atoms. The molecule has 0 saturated heterocycles. The number of thiophene rings is 1. The Hall–Kier alpha value is -3.98. The molecule has 0 spiro atoms. The van der Waals surface area contributed by atoms with Crippen LogP contribution in [0.25, 0.3) is 17.2 Å². The van der Waals surface area contributed by atoms with Crippen molar-refractivity contribution >= 4 is 40.0 Å². The summed E-state index contributed by atoms with van der Waals surface area (Å²) in [6.07, 6.45) is 2.98. The van der Waals surface area contributed by atoms with Crippen LogP contribution in [-0.4, -0.2) is 30.5 Å². The lowest BCUT2D eigenvalue weighted by atomic mass is 10.0.